The molecule has 0 spiro atoms. The van der Waals surface area contributed by atoms with Gasteiger partial charge in [0.2, 0.25) is 10.0 Å². The second kappa shape index (κ2) is 7.54. The molecule has 1 heterocycles. The smallest absolute Gasteiger partial charge is 0.243 e. The van der Waals surface area contributed by atoms with Crippen molar-refractivity contribution in [2.24, 2.45) is 0 Å². The highest BCUT2D eigenvalue weighted by molar-refractivity contribution is 7.89. The first-order valence-corrected chi connectivity index (χ1v) is 9.78. The van der Waals surface area contributed by atoms with E-state index in [-0.39, 0.29) is 15.5 Å². The Labute approximate surface area is 153 Å². The molecular formula is C18H18ClN3O2S. The van der Waals surface area contributed by atoms with E-state index in [2.05, 4.69) is 17.0 Å². The largest absolute Gasteiger partial charge is 0.296 e. The van der Waals surface area contributed by atoms with Crippen molar-refractivity contribution >= 4 is 21.6 Å². The zero-order valence-electron chi connectivity index (χ0n) is 13.6. The first-order chi connectivity index (χ1) is 12.0. The van der Waals surface area contributed by atoms with Crippen molar-refractivity contribution < 1.29 is 8.42 Å². The van der Waals surface area contributed by atoms with Gasteiger partial charge in [-0.15, -0.1) is 0 Å². The third-order valence-electron chi connectivity index (χ3n) is 4.28. The van der Waals surface area contributed by atoms with Crippen molar-refractivity contribution in [3.8, 4) is 6.07 Å². The molecule has 7 heteroatoms. The van der Waals surface area contributed by atoms with E-state index in [9.17, 15) is 8.42 Å². The predicted molar refractivity (Wildman–Crippen MR) is 96.6 cm³/mol. The quantitative estimate of drug-likeness (QED) is 0.824. The monoisotopic (exact) mass is 375 g/mol. The van der Waals surface area contributed by atoms with Gasteiger partial charge in [0.25, 0.3) is 0 Å². The van der Waals surface area contributed by atoms with Gasteiger partial charge in [0.15, 0.2) is 0 Å². The molecule has 2 aromatic carbocycles. The first-order valence-electron chi connectivity index (χ1n) is 7.97. The molecule has 130 valence electrons. The fourth-order valence-corrected chi connectivity index (χ4v) is 4.60. The van der Waals surface area contributed by atoms with Crippen molar-refractivity contribution in [1.82, 2.24) is 9.21 Å². The Morgan fingerprint density at radius 3 is 2.32 bits per heavy atom. The molecule has 5 nitrogen and oxygen atoms in total. The summed E-state index contributed by atoms with van der Waals surface area (Å²) in [6.07, 6.45) is 0. The zero-order valence-corrected chi connectivity index (χ0v) is 15.2. The SMILES string of the molecule is N#Cc1ccc(S(=O)(=O)N2CCN(Cc3ccccc3)CC2)cc1Cl. The van der Waals surface area contributed by atoms with Crippen molar-refractivity contribution in [1.29, 1.82) is 5.26 Å². The number of nitrogens with zero attached hydrogens (tertiary/aromatic N) is 3. The fraction of sp³-hybridized carbons (Fsp3) is 0.278. The summed E-state index contributed by atoms with van der Waals surface area (Å²) in [5.74, 6) is 0. The van der Waals surface area contributed by atoms with E-state index in [0.29, 0.717) is 26.2 Å². The van der Waals surface area contributed by atoms with E-state index in [1.54, 1.807) is 0 Å². The average Bonchev–Trinajstić information content (AvgIpc) is 2.63. The molecule has 0 saturated carbocycles. The molecule has 0 radical (unpaired) electrons. The van der Waals surface area contributed by atoms with E-state index in [1.807, 2.05) is 24.3 Å². The van der Waals surface area contributed by atoms with Crippen molar-refractivity contribution in [3.05, 3.63) is 64.7 Å². The normalized spacial score (nSPS) is 16.5. The van der Waals surface area contributed by atoms with Gasteiger partial charge in [-0.2, -0.15) is 9.57 Å². The number of hydrogen-bond acceptors (Lipinski definition) is 4. The topological polar surface area (TPSA) is 64.4 Å². The Balaban J connectivity index is 1.67. The summed E-state index contributed by atoms with van der Waals surface area (Å²) in [7, 11) is -3.59. The minimum atomic E-state index is -3.59. The van der Waals surface area contributed by atoms with Crippen LogP contribution in [0.4, 0.5) is 0 Å². The summed E-state index contributed by atoms with van der Waals surface area (Å²) < 4.78 is 27.0. The highest BCUT2D eigenvalue weighted by Gasteiger charge is 2.28. The molecule has 0 atom stereocenters. The third-order valence-corrected chi connectivity index (χ3v) is 6.49. The highest BCUT2D eigenvalue weighted by atomic mass is 35.5. The summed E-state index contributed by atoms with van der Waals surface area (Å²) in [6.45, 7) is 3.05. The van der Waals surface area contributed by atoms with Crippen LogP contribution in [-0.2, 0) is 16.6 Å². The van der Waals surface area contributed by atoms with Crippen LogP contribution in [0.2, 0.25) is 5.02 Å². The zero-order chi connectivity index (χ0) is 17.9. The van der Waals surface area contributed by atoms with Crippen LogP contribution < -0.4 is 0 Å². The lowest BCUT2D eigenvalue weighted by atomic mass is 10.2. The van der Waals surface area contributed by atoms with Gasteiger partial charge < -0.3 is 0 Å². The number of halogens is 1. The van der Waals surface area contributed by atoms with Gasteiger partial charge in [-0.25, -0.2) is 8.42 Å². The molecule has 25 heavy (non-hydrogen) atoms. The van der Waals surface area contributed by atoms with Crippen molar-refractivity contribution in [3.63, 3.8) is 0 Å². The molecule has 0 unspecified atom stereocenters. The maximum atomic E-state index is 12.8. The Hall–Kier alpha value is -1.91. The van der Waals surface area contributed by atoms with Gasteiger partial charge in [-0.05, 0) is 23.8 Å². The predicted octanol–water partition coefficient (Wildman–Crippen LogP) is 2.72. The molecule has 1 saturated heterocycles. The van der Waals surface area contributed by atoms with Crippen LogP contribution in [0.1, 0.15) is 11.1 Å². The molecule has 1 aliphatic heterocycles. The van der Waals surface area contributed by atoms with Gasteiger partial charge in [-0.3, -0.25) is 4.90 Å². The number of hydrogen-bond donors (Lipinski definition) is 0. The molecule has 2 aromatic rings. The second-order valence-electron chi connectivity index (χ2n) is 5.92. The molecule has 0 aliphatic carbocycles. The lowest BCUT2D eigenvalue weighted by Crippen LogP contribution is -2.48. The van der Waals surface area contributed by atoms with Gasteiger partial charge in [0.1, 0.15) is 6.07 Å². The summed E-state index contributed by atoms with van der Waals surface area (Å²) in [5, 5.41) is 9.07. The van der Waals surface area contributed by atoms with Crippen LogP contribution in [-0.4, -0.2) is 43.8 Å². The maximum absolute atomic E-state index is 12.8. The summed E-state index contributed by atoms with van der Waals surface area (Å²) in [4.78, 5) is 2.38. The number of benzene rings is 2. The van der Waals surface area contributed by atoms with E-state index < -0.39 is 10.0 Å². The van der Waals surface area contributed by atoms with E-state index in [1.165, 1.54) is 28.1 Å². The summed E-state index contributed by atoms with van der Waals surface area (Å²) >= 11 is 5.97. The number of rotatable bonds is 4. The van der Waals surface area contributed by atoms with Crippen LogP contribution in [0.3, 0.4) is 0 Å². The van der Waals surface area contributed by atoms with Gasteiger partial charge in [0, 0.05) is 32.7 Å². The van der Waals surface area contributed by atoms with Crippen molar-refractivity contribution in [2.45, 2.75) is 11.4 Å². The Bertz CT molecular complexity index is 886. The molecule has 1 fully saturated rings. The highest BCUT2D eigenvalue weighted by Crippen LogP contribution is 2.24. The number of nitriles is 1. The first kappa shape index (κ1) is 17.9. The minimum absolute atomic E-state index is 0.132. The van der Waals surface area contributed by atoms with E-state index >= 15 is 0 Å². The molecule has 0 bridgehead atoms. The number of sulfonamides is 1. The molecule has 3 rings (SSSR count). The molecule has 0 aromatic heterocycles. The molecule has 0 amide bonds. The van der Waals surface area contributed by atoms with Crippen molar-refractivity contribution in [2.75, 3.05) is 26.2 Å². The molecule has 0 N–H and O–H groups in total. The Morgan fingerprint density at radius 2 is 1.72 bits per heavy atom. The van der Waals surface area contributed by atoms with Crippen LogP contribution in [0.15, 0.2) is 53.4 Å². The van der Waals surface area contributed by atoms with Crippen LogP contribution in [0, 0.1) is 11.3 Å². The Kier molecular flexibility index (Phi) is 5.40. The van der Waals surface area contributed by atoms with Crippen LogP contribution in [0.25, 0.3) is 0 Å². The van der Waals surface area contributed by atoms with Crippen LogP contribution in [0.5, 0.6) is 0 Å². The molecule has 1 aliphatic rings. The molecular weight excluding hydrogens is 358 g/mol. The lowest BCUT2D eigenvalue weighted by Gasteiger charge is -2.34. The third kappa shape index (κ3) is 4.02. The van der Waals surface area contributed by atoms with Gasteiger partial charge >= 0.3 is 0 Å². The lowest BCUT2D eigenvalue weighted by molar-refractivity contribution is 0.181. The maximum Gasteiger partial charge on any atom is 0.243 e. The average molecular weight is 376 g/mol. The fourth-order valence-electron chi connectivity index (χ4n) is 2.87. The van der Waals surface area contributed by atoms with Gasteiger partial charge in [-0.1, -0.05) is 41.9 Å². The van der Waals surface area contributed by atoms with Crippen LogP contribution >= 0.6 is 11.6 Å². The Morgan fingerprint density at radius 1 is 1.04 bits per heavy atom. The standard InChI is InChI=1S/C18H18ClN3O2S/c19-18-12-17(7-6-16(18)13-20)25(23,24)22-10-8-21(9-11-22)14-15-4-2-1-3-5-15/h1-7,12H,8-11,14H2. The number of piperazine rings is 1. The van der Waals surface area contributed by atoms with Gasteiger partial charge in [0.05, 0.1) is 15.5 Å². The summed E-state index contributed by atoms with van der Waals surface area (Å²) in [6, 6.07) is 16.3. The van der Waals surface area contributed by atoms with E-state index in [4.69, 9.17) is 16.9 Å². The summed E-state index contributed by atoms with van der Waals surface area (Å²) in [5.41, 5.74) is 1.49. The van der Waals surface area contributed by atoms with E-state index in [0.717, 1.165) is 6.54 Å². The minimum Gasteiger partial charge on any atom is -0.296 e. The second-order valence-corrected chi connectivity index (χ2v) is 8.26.